The van der Waals surface area contributed by atoms with E-state index in [-0.39, 0.29) is 29.0 Å². The summed E-state index contributed by atoms with van der Waals surface area (Å²) in [6.45, 7) is 1.78. The van der Waals surface area contributed by atoms with Crippen LogP contribution in [0.25, 0.3) is 12.2 Å². The predicted octanol–water partition coefficient (Wildman–Crippen LogP) is 0.524. The first-order chi connectivity index (χ1) is 12.3. The second-order valence-electron chi connectivity index (χ2n) is 5.36. The molecule has 0 fully saturated rings. The zero-order valence-corrected chi connectivity index (χ0v) is 14.4. The van der Waals surface area contributed by atoms with Crippen LogP contribution >= 0.6 is 0 Å². The van der Waals surface area contributed by atoms with Crippen LogP contribution in [0.15, 0.2) is 28.0 Å². The van der Waals surface area contributed by atoms with Crippen LogP contribution in [-0.2, 0) is 18.8 Å². The summed E-state index contributed by atoms with van der Waals surface area (Å²) in [6, 6.07) is 1.16. The van der Waals surface area contributed by atoms with Gasteiger partial charge < -0.3 is 14.4 Å². The molecule has 0 saturated heterocycles. The van der Waals surface area contributed by atoms with Gasteiger partial charge in [-0.15, -0.1) is 0 Å². The van der Waals surface area contributed by atoms with Gasteiger partial charge in [0.05, 0.1) is 29.0 Å². The molecule has 136 valence electrons. The number of hydrogen-bond acceptors (Lipinski definition) is 6. The highest BCUT2D eigenvalue weighted by molar-refractivity contribution is 5.97. The van der Waals surface area contributed by atoms with Gasteiger partial charge in [-0.05, 0) is 25.1 Å². The molecule has 0 aliphatic rings. The van der Waals surface area contributed by atoms with Crippen molar-refractivity contribution < 1.29 is 19.4 Å². The Morgan fingerprint density at radius 3 is 2.58 bits per heavy atom. The molecule has 0 saturated carbocycles. The number of pyridine rings is 1. The first-order valence-corrected chi connectivity index (χ1v) is 7.61. The number of carbonyl (C=O) groups is 2. The number of aromatic carboxylic acids is 1. The van der Waals surface area contributed by atoms with Crippen LogP contribution in [0.2, 0.25) is 0 Å². The molecule has 0 aliphatic carbocycles. The van der Waals surface area contributed by atoms with E-state index < -0.39 is 23.2 Å². The molecule has 2 rings (SSSR count). The molecule has 2 aromatic heterocycles. The monoisotopic (exact) mass is 359 g/mol. The van der Waals surface area contributed by atoms with Crippen molar-refractivity contribution in [3.05, 3.63) is 61.7 Å². The number of hydrogen-bond donors (Lipinski definition) is 1. The lowest BCUT2D eigenvalue weighted by Crippen LogP contribution is -2.37. The molecule has 2 aromatic rings. The Morgan fingerprint density at radius 1 is 1.27 bits per heavy atom. The average molecular weight is 359 g/mol. The second-order valence-corrected chi connectivity index (χ2v) is 5.36. The van der Waals surface area contributed by atoms with Gasteiger partial charge in [0.1, 0.15) is 0 Å². The highest BCUT2D eigenvalue weighted by Crippen LogP contribution is 2.13. The zero-order chi connectivity index (χ0) is 19.4. The van der Waals surface area contributed by atoms with E-state index in [9.17, 15) is 24.3 Å². The summed E-state index contributed by atoms with van der Waals surface area (Å²) < 4.78 is 6.99. The minimum atomic E-state index is -1.28. The van der Waals surface area contributed by atoms with Crippen molar-refractivity contribution in [1.82, 2.24) is 14.1 Å². The van der Waals surface area contributed by atoms with E-state index in [0.717, 1.165) is 10.6 Å². The molecule has 0 atom stereocenters. The number of carbonyl (C=O) groups excluding carboxylic acids is 1. The third-order valence-electron chi connectivity index (χ3n) is 3.55. The molecule has 0 aromatic carbocycles. The number of aromatic nitrogens is 3. The molecule has 0 radical (unpaired) electrons. The molecule has 0 amide bonds. The maximum atomic E-state index is 12.1. The van der Waals surface area contributed by atoms with Gasteiger partial charge in [0.2, 0.25) is 0 Å². The minimum Gasteiger partial charge on any atom is -0.478 e. The van der Waals surface area contributed by atoms with Crippen LogP contribution in [0.1, 0.15) is 38.9 Å². The highest BCUT2D eigenvalue weighted by Gasteiger charge is 2.15. The summed E-state index contributed by atoms with van der Waals surface area (Å²) in [5.41, 5.74) is -0.962. The molecule has 0 unspecified atom stereocenters. The summed E-state index contributed by atoms with van der Waals surface area (Å²) in [7, 11) is 2.84. The minimum absolute atomic E-state index is 0.0134. The van der Waals surface area contributed by atoms with Crippen LogP contribution in [0, 0.1) is 0 Å². The maximum absolute atomic E-state index is 12.1. The van der Waals surface area contributed by atoms with Crippen molar-refractivity contribution in [2.24, 2.45) is 14.1 Å². The highest BCUT2D eigenvalue weighted by atomic mass is 16.5. The van der Waals surface area contributed by atoms with Gasteiger partial charge in [-0.25, -0.2) is 14.4 Å². The van der Waals surface area contributed by atoms with Crippen LogP contribution in [-0.4, -0.2) is 37.8 Å². The molecule has 9 heteroatoms. The van der Waals surface area contributed by atoms with Gasteiger partial charge in [0, 0.05) is 26.5 Å². The second kappa shape index (κ2) is 7.60. The Labute approximate surface area is 147 Å². The van der Waals surface area contributed by atoms with E-state index in [1.165, 1.54) is 43.2 Å². The number of carboxylic acid groups (broad SMARTS) is 1. The number of carboxylic acids is 1. The third-order valence-corrected chi connectivity index (χ3v) is 3.55. The van der Waals surface area contributed by atoms with E-state index in [1.807, 2.05) is 0 Å². The summed E-state index contributed by atoms with van der Waals surface area (Å²) in [5.74, 6) is -1.96. The van der Waals surface area contributed by atoms with Crippen LogP contribution in [0.4, 0.5) is 0 Å². The fourth-order valence-electron chi connectivity index (χ4n) is 2.22. The first-order valence-electron chi connectivity index (χ1n) is 7.61. The molecule has 0 aliphatic heterocycles. The molecule has 1 N–H and O–H groups in total. The maximum Gasteiger partial charge on any atom is 0.339 e. The summed E-state index contributed by atoms with van der Waals surface area (Å²) in [4.78, 5) is 50.9. The predicted molar refractivity (Wildman–Crippen MR) is 93.0 cm³/mol. The zero-order valence-electron chi connectivity index (χ0n) is 14.4. The Kier molecular flexibility index (Phi) is 5.51. The van der Waals surface area contributed by atoms with E-state index in [1.54, 1.807) is 6.92 Å². The molecule has 2 heterocycles. The Morgan fingerprint density at radius 2 is 1.96 bits per heavy atom. The van der Waals surface area contributed by atoms with Gasteiger partial charge >= 0.3 is 17.6 Å². The average Bonchev–Trinajstić information content (AvgIpc) is 2.61. The van der Waals surface area contributed by atoms with Crippen molar-refractivity contribution in [2.45, 2.75) is 6.92 Å². The van der Waals surface area contributed by atoms with Crippen LogP contribution in [0.3, 0.4) is 0 Å². The normalized spacial score (nSPS) is 10.9. The van der Waals surface area contributed by atoms with Crippen molar-refractivity contribution in [1.29, 1.82) is 0 Å². The van der Waals surface area contributed by atoms with Crippen LogP contribution in [0.5, 0.6) is 0 Å². The van der Waals surface area contributed by atoms with Gasteiger partial charge in [-0.2, -0.15) is 0 Å². The fraction of sp³-hybridized carbons (Fsp3) is 0.235. The van der Waals surface area contributed by atoms with Crippen molar-refractivity contribution >= 4 is 24.1 Å². The smallest absolute Gasteiger partial charge is 0.339 e. The van der Waals surface area contributed by atoms with Gasteiger partial charge in [-0.1, -0.05) is 0 Å². The third kappa shape index (κ3) is 3.77. The Balaban J connectivity index is 2.48. The lowest BCUT2D eigenvalue weighted by Gasteiger charge is -2.06. The van der Waals surface area contributed by atoms with Gasteiger partial charge in [0.25, 0.3) is 5.56 Å². The molecule has 9 nitrogen and oxygen atoms in total. The number of nitrogens with zero attached hydrogens (tertiary/aromatic N) is 3. The van der Waals surface area contributed by atoms with Crippen LogP contribution < -0.4 is 11.2 Å². The first kappa shape index (κ1) is 18.8. The molecular formula is C17H17N3O6. The SMILES string of the molecule is CCOC(=O)c1cnc(C=Cc2cn(C)c(=O)n(C)c2=O)c(C(=O)O)c1. The summed E-state index contributed by atoms with van der Waals surface area (Å²) >= 11 is 0. The Hall–Kier alpha value is -3.49. The van der Waals surface area contributed by atoms with Gasteiger partial charge in [0.15, 0.2) is 0 Å². The Bertz CT molecular complexity index is 1020. The fourth-order valence-corrected chi connectivity index (χ4v) is 2.22. The summed E-state index contributed by atoms with van der Waals surface area (Å²) in [5, 5.41) is 9.34. The van der Waals surface area contributed by atoms with E-state index in [4.69, 9.17) is 4.74 Å². The standard InChI is InChI=1S/C17H17N3O6/c1-4-26-16(24)11-7-12(15(22)23)13(18-8-11)6-5-10-9-19(2)17(25)20(3)14(10)21/h5-9H,4H2,1-3H3,(H,22,23). The lowest BCUT2D eigenvalue weighted by atomic mass is 10.1. The number of rotatable bonds is 5. The topological polar surface area (TPSA) is 120 Å². The number of esters is 1. The molecular weight excluding hydrogens is 342 g/mol. The van der Waals surface area contributed by atoms with E-state index in [2.05, 4.69) is 4.98 Å². The van der Waals surface area contributed by atoms with Gasteiger partial charge in [-0.3, -0.25) is 14.3 Å². The molecule has 0 spiro atoms. The number of ether oxygens (including phenoxy) is 1. The van der Waals surface area contributed by atoms with E-state index in [0.29, 0.717) is 0 Å². The lowest BCUT2D eigenvalue weighted by molar-refractivity contribution is 0.0526. The molecule has 0 bridgehead atoms. The van der Waals surface area contributed by atoms with Crippen molar-refractivity contribution in [2.75, 3.05) is 6.61 Å². The quantitative estimate of drug-likeness (QED) is 0.773. The van der Waals surface area contributed by atoms with Crippen molar-refractivity contribution in [3.63, 3.8) is 0 Å². The molecule has 26 heavy (non-hydrogen) atoms. The van der Waals surface area contributed by atoms with E-state index >= 15 is 0 Å². The largest absolute Gasteiger partial charge is 0.478 e. The van der Waals surface area contributed by atoms with Crippen molar-refractivity contribution in [3.8, 4) is 0 Å². The number of aryl methyl sites for hydroxylation is 1. The summed E-state index contributed by atoms with van der Waals surface area (Å²) in [6.07, 6.45) is 5.23.